The van der Waals surface area contributed by atoms with Gasteiger partial charge in [-0.05, 0) is 12.1 Å². The molecule has 0 bridgehead atoms. The first kappa shape index (κ1) is 6.90. The lowest BCUT2D eigenvalue weighted by Gasteiger charge is -1.80. The second-order valence-electron chi connectivity index (χ2n) is 2.25. The molecular formula is C7H6IN2O+. The zero-order valence-corrected chi connectivity index (χ0v) is 7.74. The molecule has 0 aliphatic carbocycles. The first-order chi connectivity index (χ1) is 5.29. The lowest BCUT2D eigenvalue weighted by molar-refractivity contribution is -0.423. The number of para-hydroxylation sites is 2. The van der Waals surface area contributed by atoms with Crippen molar-refractivity contribution in [2.75, 3.05) is 0 Å². The summed E-state index contributed by atoms with van der Waals surface area (Å²) in [5.74, 6) is 0. The van der Waals surface area contributed by atoms with Crippen molar-refractivity contribution in [1.29, 1.82) is 0 Å². The molecule has 2 N–H and O–H groups in total. The summed E-state index contributed by atoms with van der Waals surface area (Å²) < 4.78 is 1.67. The van der Waals surface area contributed by atoms with Crippen LogP contribution in [-0.2, 0) is 0 Å². The van der Waals surface area contributed by atoms with E-state index in [-0.39, 0.29) is 6.01 Å². The number of fused-ring (bicyclic) bond motifs is 1. The molecule has 0 aliphatic heterocycles. The molecule has 2 rings (SSSR count). The van der Waals surface area contributed by atoms with Crippen molar-refractivity contribution in [3.05, 3.63) is 24.3 Å². The molecule has 0 atom stereocenters. The predicted molar refractivity (Wildman–Crippen MR) is 49.6 cm³/mol. The second kappa shape index (κ2) is 2.37. The lowest BCUT2D eigenvalue weighted by atomic mass is 10.3. The minimum absolute atomic E-state index is 0.173. The molecule has 3 nitrogen and oxygen atoms in total. The largest absolute Gasteiger partial charge is 0.461 e. The standard InChI is InChI=1S/C7H5IN2O/c8-10-6-4-2-1-3-5(6)9-7(10)11/h1-4H,(H,9,11)/p+1. The molecule has 0 aliphatic rings. The number of nitrogens with zero attached hydrogens (tertiary/aromatic N) is 1. The van der Waals surface area contributed by atoms with E-state index in [2.05, 4.69) is 4.98 Å². The summed E-state index contributed by atoms with van der Waals surface area (Å²) in [4.78, 5) is 2.84. The lowest BCUT2D eigenvalue weighted by Crippen LogP contribution is -2.15. The van der Waals surface area contributed by atoms with Crippen molar-refractivity contribution in [3.8, 4) is 6.01 Å². The molecule has 0 radical (unpaired) electrons. The van der Waals surface area contributed by atoms with Crippen LogP contribution in [0, 0.1) is 0 Å². The fraction of sp³-hybridized carbons (Fsp3) is 0. The minimum atomic E-state index is 0.173. The van der Waals surface area contributed by atoms with Crippen LogP contribution in [0.15, 0.2) is 24.3 Å². The van der Waals surface area contributed by atoms with Crippen LogP contribution in [0.1, 0.15) is 0 Å². The molecule has 2 aromatic rings. The average molecular weight is 261 g/mol. The van der Waals surface area contributed by atoms with Crippen molar-refractivity contribution in [1.82, 2.24) is 4.98 Å². The van der Waals surface area contributed by atoms with E-state index >= 15 is 0 Å². The van der Waals surface area contributed by atoms with Gasteiger partial charge in [0.25, 0.3) is 0 Å². The van der Waals surface area contributed by atoms with E-state index in [0.717, 1.165) is 11.0 Å². The van der Waals surface area contributed by atoms with Crippen molar-refractivity contribution < 1.29 is 7.89 Å². The van der Waals surface area contributed by atoms with Gasteiger partial charge >= 0.3 is 6.01 Å². The summed E-state index contributed by atoms with van der Waals surface area (Å²) >= 11 is 2.03. The van der Waals surface area contributed by atoms with Gasteiger partial charge in [-0.3, -0.25) is 0 Å². The predicted octanol–water partition coefficient (Wildman–Crippen LogP) is 1.36. The van der Waals surface area contributed by atoms with Crippen LogP contribution in [0.4, 0.5) is 0 Å². The van der Waals surface area contributed by atoms with Crippen LogP contribution in [0.2, 0.25) is 0 Å². The maximum atomic E-state index is 9.24. The number of hydrogen-bond donors (Lipinski definition) is 2. The van der Waals surface area contributed by atoms with E-state index in [1.165, 1.54) is 0 Å². The molecule has 0 amide bonds. The summed E-state index contributed by atoms with van der Waals surface area (Å²) in [5.41, 5.74) is 1.94. The van der Waals surface area contributed by atoms with E-state index in [9.17, 15) is 5.11 Å². The maximum Gasteiger partial charge on any atom is 0.461 e. The van der Waals surface area contributed by atoms with Gasteiger partial charge in [0.2, 0.25) is 22.9 Å². The molecule has 0 saturated carbocycles. The maximum absolute atomic E-state index is 9.24. The molecular weight excluding hydrogens is 255 g/mol. The van der Waals surface area contributed by atoms with Crippen molar-refractivity contribution in [2.24, 2.45) is 0 Å². The van der Waals surface area contributed by atoms with Crippen molar-refractivity contribution >= 4 is 33.9 Å². The highest BCUT2D eigenvalue weighted by molar-refractivity contribution is 14.1. The Morgan fingerprint density at radius 2 is 2.09 bits per heavy atom. The van der Waals surface area contributed by atoms with E-state index in [4.69, 9.17) is 0 Å². The van der Waals surface area contributed by atoms with E-state index in [0.29, 0.717) is 0 Å². The van der Waals surface area contributed by atoms with Crippen LogP contribution in [-0.4, -0.2) is 10.1 Å². The number of aromatic hydroxyl groups is 1. The monoisotopic (exact) mass is 261 g/mol. The molecule has 4 heteroatoms. The van der Waals surface area contributed by atoms with E-state index in [1.807, 2.05) is 47.1 Å². The van der Waals surface area contributed by atoms with Gasteiger partial charge in [-0.2, -0.15) is 0 Å². The number of imidazole rings is 1. The van der Waals surface area contributed by atoms with Gasteiger partial charge in [-0.15, -0.1) is 2.78 Å². The number of halogens is 1. The average Bonchev–Trinajstić information content (AvgIpc) is 2.30. The summed E-state index contributed by atoms with van der Waals surface area (Å²) in [6, 6.07) is 7.90. The number of hydrogen-bond acceptors (Lipinski definition) is 1. The Balaban J connectivity index is 2.92. The SMILES string of the molecule is Oc1[nH]c2ccccc2[n+]1I. The molecule has 1 aromatic carbocycles. The van der Waals surface area contributed by atoms with Crippen LogP contribution < -0.4 is 2.78 Å². The molecule has 0 spiro atoms. The highest BCUT2D eigenvalue weighted by Gasteiger charge is 2.13. The van der Waals surface area contributed by atoms with Gasteiger partial charge < -0.3 is 5.11 Å². The Kier molecular flexibility index (Phi) is 1.49. The first-order valence-corrected chi connectivity index (χ1v) is 4.13. The zero-order valence-electron chi connectivity index (χ0n) is 5.58. The molecule has 11 heavy (non-hydrogen) atoms. The van der Waals surface area contributed by atoms with Crippen LogP contribution in [0.3, 0.4) is 0 Å². The fourth-order valence-corrected chi connectivity index (χ4v) is 1.58. The minimum Gasteiger partial charge on any atom is -0.446 e. The number of aromatic nitrogens is 2. The Labute approximate surface area is 77.2 Å². The van der Waals surface area contributed by atoms with Crippen molar-refractivity contribution in [3.63, 3.8) is 0 Å². The number of rotatable bonds is 0. The fourth-order valence-electron chi connectivity index (χ4n) is 1.03. The Morgan fingerprint density at radius 3 is 2.82 bits per heavy atom. The summed E-state index contributed by atoms with van der Waals surface area (Å²) in [7, 11) is 0. The number of nitrogens with one attached hydrogen (secondary N) is 1. The van der Waals surface area contributed by atoms with Gasteiger partial charge in [-0.1, -0.05) is 12.1 Å². The van der Waals surface area contributed by atoms with Gasteiger partial charge in [0.05, 0.1) is 0 Å². The highest BCUT2D eigenvalue weighted by Crippen LogP contribution is 2.12. The second-order valence-corrected chi connectivity index (χ2v) is 3.21. The van der Waals surface area contributed by atoms with Gasteiger partial charge in [0, 0.05) is 0 Å². The molecule has 0 fully saturated rings. The van der Waals surface area contributed by atoms with E-state index < -0.39 is 0 Å². The highest BCUT2D eigenvalue weighted by atomic mass is 127. The summed E-state index contributed by atoms with van der Waals surface area (Å²) in [6.45, 7) is 0. The zero-order chi connectivity index (χ0) is 7.84. The third-order valence-electron chi connectivity index (χ3n) is 1.55. The van der Waals surface area contributed by atoms with Crippen LogP contribution in [0.5, 0.6) is 6.01 Å². The van der Waals surface area contributed by atoms with Gasteiger partial charge in [0.15, 0.2) is 11.0 Å². The van der Waals surface area contributed by atoms with Gasteiger partial charge in [-0.25, -0.2) is 4.98 Å². The van der Waals surface area contributed by atoms with Gasteiger partial charge in [0.1, 0.15) is 0 Å². The topological polar surface area (TPSA) is 39.9 Å². The summed E-state index contributed by atoms with van der Waals surface area (Å²) in [6.07, 6.45) is 0. The number of benzene rings is 1. The first-order valence-electron chi connectivity index (χ1n) is 3.17. The number of H-pyrrole nitrogens is 1. The van der Waals surface area contributed by atoms with E-state index in [1.54, 1.807) is 2.78 Å². The summed E-state index contributed by atoms with van der Waals surface area (Å²) in [5, 5.41) is 9.24. The molecule has 56 valence electrons. The van der Waals surface area contributed by atoms with Crippen molar-refractivity contribution in [2.45, 2.75) is 0 Å². The normalized spacial score (nSPS) is 10.6. The third-order valence-corrected chi connectivity index (χ3v) is 2.52. The smallest absolute Gasteiger partial charge is 0.446 e. The molecule has 1 aromatic heterocycles. The third kappa shape index (κ3) is 0.973. The quantitative estimate of drug-likeness (QED) is 0.690. The molecule has 1 heterocycles. The number of aromatic amines is 1. The molecule has 0 unspecified atom stereocenters. The molecule has 0 saturated heterocycles. The van der Waals surface area contributed by atoms with Crippen LogP contribution >= 0.6 is 22.9 Å². The Hall–Kier alpha value is -0.780. The Bertz CT molecular complexity index is 396. The Morgan fingerprint density at radius 1 is 1.36 bits per heavy atom. The van der Waals surface area contributed by atoms with Crippen LogP contribution in [0.25, 0.3) is 11.0 Å².